The van der Waals surface area contributed by atoms with Gasteiger partial charge in [-0.1, -0.05) is 18.2 Å². The first-order valence-corrected chi connectivity index (χ1v) is 6.24. The van der Waals surface area contributed by atoms with E-state index < -0.39 is 0 Å². The number of nitrogens with one attached hydrogen (secondary N) is 2. The molecule has 0 atom stereocenters. The fourth-order valence-corrected chi connectivity index (χ4v) is 1.70. The highest BCUT2D eigenvalue weighted by atomic mass is 19.1. The second kappa shape index (κ2) is 6.60. The summed E-state index contributed by atoms with van der Waals surface area (Å²) >= 11 is 0. The molecule has 2 N–H and O–H groups in total. The SMILES string of the molecule is CNC(=O)c1ccc(NCCc2ccccc2F)nn1. The maximum absolute atomic E-state index is 13.4. The third-order valence-electron chi connectivity index (χ3n) is 2.78. The molecule has 0 spiro atoms. The van der Waals surface area contributed by atoms with Gasteiger partial charge in [0.2, 0.25) is 0 Å². The molecule has 5 nitrogen and oxygen atoms in total. The molecule has 2 rings (SSSR count). The second-order valence-electron chi connectivity index (χ2n) is 4.15. The maximum atomic E-state index is 13.4. The third-order valence-corrected chi connectivity index (χ3v) is 2.78. The van der Waals surface area contributed by atoms with Crippen LogP contribution >= 0.6 is 0 Å². The molecular formula is C14H15FN4O. The van der Waals surface area contributed by atoms with Crippen LogP contribution in [0.1, 0.15) is 16.1 Å². The normalized spacial score (nSPS) is 10.1. The highest BCUT2D eigenvalue weighted by Gasteiger charge is 2.05. The second-order valence-corrected chi connectivity index (χ2v) is 4.15. The molecule has 1 aromatic heterocycles. The molecule has 2 aromatic rings. The van der Waals surface area contributed by atoms with Gasteiger partial charge in [0.05, 0.1) is 0 Å². The van der Waals surface area contributed by atoms with Gasteiger partial charge in [-0.3, -0.25) is 4.79 Å². The number of aromatic nitrogens is 2. The first kappa shape index (κ1) is 13.9. The summed E-state index contributed by atoms with van der Waals surface area (Å²) in [7, 11) is 1.53. The van der Waals surface area contributed by atoms with E-state index in [-0.39, 0.29) is 17.4 Å². The van der Waals surface area contributed by atoms with Crippen LogP contribution in [0.2, 0.25) is 0 Å². The van der Waals surface area contributed by atoms with Crippen LogP contribution in [0.25, 0.3) is 0 Å². The zero-order valence-electron chi connectivity index (χ0n) is 11.1. The van der Waals surface area contributed by atoms with Gasteiger partial charge in [0.25, 0.3) is 5.91 Å². The molecule has 6 heteroatoms. The van der Waals surface area contributed by atoms with Crippen LogP contribution in [0.4, 0.5) is 10.2 Å². The van der Waals surface area contributed by atoms with Crippen molar-refractivity contribution >= 4 is 11.7 Å². The molecule has 0 unspecified atom stereocenters. The molecule has 0 fully saturated rings. The number of benzene rings is 1. The molecule has 0 radical (unpaired) electrons. The summed E-state index contributed by atoms with van der Waals surface area (Å²) in [5.41, 5.74) is 0.905. The monoisotopic (exact) mass is 274 g/mol. The molecule has 0 saturated heterocycles. The molecule has 0 bridgehead atoms. The van der Waals surface area contributed by atoms with Gasteiger partial charge in [0.15, 0.2) is 5.69 Å². The predicted octanol–water partition coefficient (Wildman–Crippen LogP) is 1.63. The molecular weight excluding hydrogens is 259 g/mol. The van der Waals surface area contributed by atoms with Gasteiger partial charge in [-0.15, -0.1) is 10.2 Å². The third kappa shape index (κ3) is 3.50. The lowest BCUT2D eigenvalue weighted by molar-refractivity contribution is 0.0957. The first-order chi connectivity index (χ1) is 9.70. The summed E-state index contributed by atoms with van der Waals surface area (Å²) in [6.07, 6.45) is 0.547. The number of carbonyl (C=O) groups excluding carboxylic acids is 1. The molecule has 1 amide bonds. The van der Waals surface area contributed by atoms with Gasteiger partial charge in [0.1, 0.15) is 11.6 Å². The van der Waals surface area contributed by atoms with Crippen LogP contribution < -0.4 is 10.6 Å². The van der Waals surface area contributed by atoms with Crippen LogP contribution in [0.5, 0.6) is 0 Å². The van der Waals surface area contributed by atoms with Gasteiger partial charge in [-0.2, -0.15) is 0 Å². The Morgan fingerprint density at radius 2 is 2.00 bits per heavy atom. The smallest absolute Gasteiger partial charge is 0.271 e. The Bertz CT molecular complexity index is 586. The van der Waals surface area contributed by atoms with E-state index >= 15 is 0 Å². The van der Waals surface area contributed by atoms with Crippen molar-refractivity contribution in [2.24, 2.45) is 0 Å². The number of carbonyl (C=O) groups is 1. The van der Waals surface area contributed by atoms with Crippen molar-refractivity contribution in [3.05, 3.63) is 53.5 Å². The van der Waals surface area contributed by atoms with E-state index in [0.29, 0.717) is 24.3 Å². The van der Waals surface area contributed by atoms with Crippen molar-refractivity contribution in [3.8, 4) is 0 Å². The fraction of sp³-hybridized carbons (Fsp3) is 0.214. The number of amides is 1. The van der Waals surface area contributed by atoms with Crippen LogP contribution in [-0.4, -0.2) is 29.7 Å². The van der Waals surface area contributed by atoms with Crippen LogP contribution in [0.15, 0.2) is 36.4 Å². The molecule has 0 saturated carbocycles. The Balaban J connectivity index is 1.88. The predicted molar refractivity (Wildman–Crippen MR) is 74.0 cm³/mol. The van der Waals surface area contributed by atoms with E-state index in [1.165, 1.54) is 13.1 Å². The zero-order valence-corrected chi connectivity index (χ0v) is 11.1. The molecule has 20 heavy (non-hydrogen) atoms. The van der Waals surface area contributed by atoms with E-state index in [1.807, 2.05) is 0 Å². The van der Waals surface area contributed by atoms with Gasteiger partial charge >= 0.3 is 0 Å². The summed E-state index contributed by atoms with van der Waals surface area (Å²) in [4.78, 5) is 11.3. The Morgan fingerprint density at radius 3 is 2.65 bits per heavy atom. The quantitative estimate of drug-likeness (QED) is 0.869. The summed E-state index contributed by atoms with van der Waals surface area (Å²) < 4.78 is 13.4. The fourth-order valence-electron chi connectivity index (χ4n) is 1.70. The van der Waals surface area contributed by atoms with E-state index in [1.54, 1.807) is 30.3 Å². The number of nitrogens with zero attached hydrogens (tertiary/aromatic N) is 2. The number of hydrogen-bond donors (Lipinski definition) is 2. The molecule has 1 aromatic carbocycles. The van der Waals surface area contributed by atoms with E-state index in [4.69, 9.17) is 0 Å². The average Bonchev–Trinajstić information content (AvgIpc) is 2.49. The van der Waals surface area contributed by atoms with Crippen molar-refractivity contribution in [1.82, 2.24) is 15.5 Å². The Hall–Kier alpha value is -2.50. The first-order valence-electron chi connectivity index (χ1n) is 6.24. The van der Waals surface area contributed by atoms with Crippen molar-refractivity contribution < 1.29 is 9.18 Å². The minimum Gasteiger partial charge on any atom is -0.368 e. The number of rotatable bonds is 5. The minimum absolute atomic E-state index is 0.213. The van der Waals surface area contributed by atoms with Gasteiger partial charge < -0.3 is 10.6 Å². The van der Waals surface area contributed by atoms with Gasteiger partial charge in [0, 0.05) is 13.6 Å². The minimum atomic E-state index is -0.282. The van der Waals surface area contributed by atoms with Crippen LogP contribution in [0, 0.1) is 5.82 Å². The molecule has 0 aliphatic rings. The van der Waals surface area contributed by atoms with Crippen LogP contribution in [-0.2, 0) is 6.42 Å². The molecule has 1 heterocycles. The Kier molecular flexibility index (Phi) is 4.60. The van der Waals surface area contributed by atoms with E-state index in [2.05, 4.69) is 20.8 Å². The summed E-state index contributed by atoms with van der Waals surface area (Å²) in [6.45, 7) is 0.537. The Morgan fingerprint density at radius 1 is 1.20 bits per heavy atom. The summed E-state index contributed by atoms with van der Waals surface area (Å²) in [6, 6.07) is 9.90. The van der Waals surface area contributed by atoms with Crippen molar-refractivity contribution in [2.75, 3.05) is 18.9 Å². The van der Waals surface area contributed by atoms with Crippen LogP contribution in [0.3, 0.4) is 0 Å². The highest BCUT2D eigenvalue weighted by Crippen LogP contribution is 2.08. The van der Waals surface area contributed by atoms with Crippen molar-refractivity contribution in [2.45, 2.75) is 6.42 Å². The summed E-state index contributed by atoms with van der Waals surface area (Å²) in [5.74, 6) is 0.0553. The van der Waals surface area contributed by atoms with E-state index in [0.717, 1.165) is 0 Å². The lowest BCUT2D eigenvalue weighted by Crippen LogP contribution is -2.20. The number of anilines is 1. The molecule has 0 aliphatic heterocycles. The Labute approximate surface area is 116 Å². The largest absolute Gasteiger partial charge is 0.368 e. The van der Waals surface area contributed by atoms with Gasteiger partial charge in [-0.05, 0) is 30.2 Å². The standard InChI is InChI=1S/C14H15FN4O/c1-16-14(20)12-6-7-13(19-18-12)17-9-8-10-4-2-3-5-11(10)15/h2-7H,8-9H2,1H3,(H,16,20)(H,17,19). The average molecular weight is 274 g/mol. The van der Waals surface area contributed by atoms with E-state index in [9.17, 15) is 9.18 Å². The molecule has 104 valence electrons. The van der Waals surface area contributed by atoms with Gasteiger partial charge in [-0.25, -0.2) is 4.39 Å². The molecule has 0 aliphatic carbocycles. The summed E-state index contributed by atoms with van der Waals surface area (Å²) in [5, 5.41) is 13.2. The lowest BCUT2D eigenvalue weighted by Gasteiger charge is -2.06. The topological polar surface area (TPSA) is 66.9 Å². The number of halogens is 1. The van der Waals surface area contributed by atoms with Crippen molar-refractivity contribution in [1.29, 1.82) is 0 Å². The van der Waals surface area contributed by atoms with Crippen molar-refractivity contribution in [3.63, 3.8) is 0 Å². The lowest BCUT2D eigenvalue weighted by atomic mass is 10.1. The zero-order chi connectivity index (χ0) is 14.4. The highest BCUT2D eigenvalue weighted by molar-refractivity contribution is 5.91. The maximum Gasteiger partial charge on any atom is 0.271 e. The number of hydrogen-bond acceptors (Lipinski definition) is 4.